The van der Waals surface area contributed by atoms with Gasteiger partial charge in [-0.25, -0.2) is 0 Å². The van der Waals surface area contributed by atoms with E-state index in [1.165, 1.54) is 0 Å². The lowest BCUT2D eigenvalue weighted by molar-refractivity contribution is 0.0912. The molecule has 2 aromatic rings. The van der Waals surface area contributed by atoms with E-state index in [4.69, 9.17) is 10.8 Å². The summed E-state index contributed by atoms with van der Waals surface area (Å²) in [5.74, 6) is -0.179. The second-order valence-corrected chi connectivity index (χ2v) is 4.92. The van der Waals surface area contributed by atoms with Crippen LogP contribution in [-0.2, 0) is 0 Å². The van der Waals surface area contributed by atoms with Crippen molar-refractivity contribution in [3.63, 3.8) is 0 Å². The number of aliphatic hydroxyl groups excluding tert-OH is 1. The maximum atomic E-state index is 12.1. The maximum absolute atomic E-state index is 12.1. The first-order valence-corrected chi connectivity index (χ1v) is 6.32. The van der Waals surface area contributed by atoms with Crippen molar-refractivity contribution in [2.24, 2.45) is 5.92 Å². The largest absolute Gasteiger partial charge is 0.397 e. The van der Waals surface area contributed by atoms with Gasteiger partial charge in [0.15, 0.2) is 0 Å². The fourth-order valence-electron chi connectivity index (χ4n) is 1.89. The molecule has 2 atom stereocenters. The molecule has 0 aliphatic rings. The first kappa shape index (κ1) is 13.4. The van der Waals surface area contributed by atoms with E-state index in [0.717, 1.165) is 10.9 Å². The second kappa shape index (κ2) is 5.32. The number of nitrogens with two attached hydrogens (primary N) is 1. The highest BCUT2D eigenvalue weighted by molar-refractivity contribution is 6.00. The van der Waals surface area contributed by atoms with Gasteiger partial charge < -0.3 is 21.1 Å². The Bertz CT molecular complexity index is 591. The van der Waals surface area contributed by atoms with Crippen LogP contribution in [0.3, 0.4) is 0 Å². The number of para-hydroxylation sites is 1. The van der Waals surface area contributed by atoms with E-state index < -0.39 is 0 Å². The number of hydrogen-bond donors (Lipinski definition) is 4. The van der Waals surface area contributed by atoms with E-state index in [2.05, 4.69) is 10.3 Å². The lowest BCUT2D eigenvalue weighted by atomic mass is 10.1. The van der Waals surface area contributed by atoms with E-state index in [1.807, 2.05) is 26.0 Å². The maximum Gasteiger partial charge on any atom is 0.267 e. The summed E-state index contributed by atoms with van der Waals surface area (Å²) in [6.45, 7) is 3.80. The summed E-state index contributed by atoms with van der Waals surface area (Å²) in [5, 5.41) is 12.8. The van der Waals surface area contributed by atoms with Crippen LogP contribution < -0.4 is 11.1 Å². The zero-order valence-corrected chi connectivity index (χ0v) is 11.1. The Morgan fingerprint density at radius 2 is 2.21 bits per heavy atom. The van der Waals surface area contributed by atoms with Crippen LogP contribution in [0.1, 0.15) is 24.3 Å². The molecule has 2 unspecified atom stereocenters. The van der Waals surface area contributed by atoms with Crippen LogP contribution in [0.4, 0.5) is 5.69 Å². The monoisotopic (exact) mass is 261 g/mol. The molecule has 5 N–H and O–H groups in total. The minimum absolute atomic E-state index is 0.0124. The Labute approximate surface area is 111 Å². The van der Waals surface area contributed by atoms with Crippen molar-refractivity contribution in [3.8, 4) is 0 Å². The van der Waals surface area contributed by atoms with Crippen LogP contribution in [-0.4, -0.2) is 28.6 Å². The fourth-order valence-corrected chi connectivity index (χ4v) is 1.89. The number of aliphatic hydroxyl groups is 1. The van der Waals surface area contributed by atoms with Gasteiger partial charge in [0.1, 0.15) is 5.69 Å². The summed E-state index contributed by atoms with van der Waals surface area (Å²) in [7, 11) is 0. The Hall–Kier alpha value is -2.01. The third kappa shape index (κ3) is 2.71. The van der Waals surface area contributed by atoms with Gasteiger partial charge in [-0.2, -0.15) is 0 Å². The number of fused-ring (bicyclic) bond motifs is 1. The Morgan fingerprint density at radius 1 is 1.47 bits per heavy atom. The number of hydrogen-bond acceptors (Lipinski definition) is 3. The number of benzene rings is 1. The zero-order valence-electron chi connectivity index (χ0n) is 11.1. The molecule has 0 saturated heterocycles. The van der Waals surface area contributed by atoms with Crippen LogP contribution >= 0.6 is 0 Å². The minimum Gasteiger partial charge on any atom is -0.397 e. The van der Waals surface area contributed by atoms with Gasteiger partial charge in [-0.05, 0) is 25.0 Å². The number of carbonyl (C=O) groups excluding carboxylic acids is 1. The summed E-state index contributed by atoms with van der Waals surface area (Å²) in [6.07, 6.45) is 0. The number of rotatable bonds is 4. The molecule has 2 rings (SSSR count). The molecule has 1 aromatic carbocycles. The fraction of sp³-hybridized carbons (Fsp3) is 0.357. The molecule has 102 valence electrons. The third-order valence-electron chi connectivity index (χ3n) is 3.43. The van der Waals surface area contributed by atoms with Gasteiger partial charge in [0, 0.05) is 18.0 Å². The first-order valence-electron chi connectivity index (χ1n) is 6.32. The van der Waals surface area contributed by atoms with Gasteiger partial charge >= 0.3 is 0 Å². The van der Waals surface area contributed by atoms with Gasteiger partial charge in [-0.1, -0.05) is 19.1 Å². The summed E-state index contributed by atoms with van der Waals surface area (Å²) in [6, 6.07) is 7.22. The van der Waals surface area contributed by atoms with Gasteiger partial charge in [-0.3, -0.25) is 4.79 Å². The zero-order chi connectivity index (χ0) is 14.0. The normalized spacial score (nSPS) is 14.3. The average Bonchev–Trinajstić information content (AvgIpc) is 2.83. The molecule has 0 aliphatic carbocycles. The molecule has 0 fully saturated rings. The number of nitrogen functional groups attached to an aromatic ring is 1. The Balaban J connectivity index is 2.20. The summed E-state index contributed by atoms with van der Waals surface area (Å²) in [4.78, 5) is 15.1. The summed E-state index contributed by atoms with van der Waals surface area (Å²) in [5.41, 5.74) is 7.71. The van der Waals surface area contributed by atoms with E-state index in [0.29, 0.717) is 11.4 Å². The number of carbonyl (C=O) groups is 1. The van der Waals surface area contributed by atoms with Crippen molar-refractivity contribution >= 4 is 22.5 Å². The molecule has 0 radical (unpaired) electrons. The predicted molar refractivity (Wildman–Crippen MR) is 75.9 cm³/mol. The Morgan fingerprint density at radius 3 is 2.84 bits per heavy atom. The van der Waals surface area contributed by atoms with Crippen LogP contribution in [0.2, 0.25) is 0 Å². The minimum atomic E-state index is -0.191. The van der Waals surface area contributed by atoms with Crippen LogP contribution in [0, 0.1) is 5.92 Å². The van der Waals surface area contributed by atoms with Crippen LogP contribution in [0.5, 0.6) is 0 Å². The van der Waals surface area contributed by atoms with Crippen molar-refractivity contribution in [2.45, 2.75) is 19.9 Å². The highest BCUT2D eigenvalue weighted by atomic mass is 16.3. The molecule has 19 heavy (non-hydrogen) atoms. The van der Waals surface area contributed by atoms with E-state index in [1.54, 1.807) is 12.1 Å². The molecule has 5 heteroatoms. The standard InChI is InChI=1S/C14H19N3O2/c1-8(7-18)9(2)16-14(19)12-6-10-4-3-5-11(15)13(10)17-12/h3-6,8-9,17-18H,7,15H2,1-2H3,(H,16,19). The smallest absolute Gasteiger partial charge is 0.267 e. The number of nitrogens with one attached hydrogen (secondary N) is 2. The summed E-state index contributed by atoms with van der Waals surface area (Å²) >= 11 is 0. The first-order chi connectivity index (χ1) is 9.02. The quantitative estimate of drug-likeness (QED) is 0.628. The molecule has 0 aliphatic heterocycles. The molecule has 0 spiro atoms. The second-order valence-electron chi connectivity index (χ2n) is 4.92. The van der Waals surface area contributed by atoms with Crippen molar-refractivity contribution in [3.05, 3.63) is 30.0 Å². The SMILES string of the molecule is CC(CO)C(C)NC(=O)c1cc2cccc(N)c2[nH]1. The van der Waals surface area contributed by atoms with Crippen molar-refractivity contribution in [1.82, 2.24) is 10.3 Å². The number of H-pyrrole nitrogens is 1. The van der Waals surface area contributed by atoms with E-state index >= 15 is 0 Å². The van der Waals surface area contributed by atoms with Crippen LogP contribution in [0.25, 0.3) is 10.9 Å². The van der Waals surface area contributed by atoms with Crippen molar-refractivity contribution in [2.75, 3.05) is 12.3 Å². The molecular formula is C14H19N3O2. The third-order valence-corrected chi connectivity index (χ3v) is 3.43. The number of aromatic amines is 1. The number of anilines is 1. The lowest BCUT2D eigenvalue weighted by Gasteiger charge is -2.18. The van der Waals surface area contributed by atoms with E-state index in [-0.39, 0.29) is 24.5 Å². The predicted octanol–water partition coefficient (Wildman–Crippen LogP) is 1.50. The average molecular weight is 261 g/mol. The van der Waals surface area contributed by atoms with E-state index in [9.17, 15) is 4.79 Å². The molecule has 0 saturated carbocycles. The van der Waals surface area contributed by atoms with Gasteiger partial charge in [0.2, 0.25) is 0 Å². The summed E-state index contributed by atoms with van der Waals surface area (Å²) < 4.78 is 0. The van der Waals surface area contributed by atoms with Crippen molar-refractivity contribution in [1.29, 1.82) is 0 Å². The Kier molecular flexibility index (Phi) is 3.76. The lowest BCUT2D eigenvalue weighted by Crippen LogP contribution is -2.38. The molecular weight excluding hydrogens is 242 g/mol. The van der Waals surface area contributed by atoms with Gasteiger partial charge in [0.05, 0.1) is 11.2 Å². The molecule has 5 nitrogen and oxygen atoms in total. The highest BCUT2D eigenvalue weighted by Gasteiger charge is 2.16. The molecule has 1 amide bonds. The molecule has 1 heterocycles. The van der Waals surface area contributed by atoms with Gasteiger partial charge in [-0.15, -0.1) is 0 Å². The highest BCUT2D eigenvalue weighted by Crippen LogP contribution is 2.21. The van der Waals surface area contributed by atoms with Crippen LogP contribution in [0.15, 0.2) is 24.3 Å². The number of aromatic nitrogens is 1. The number of amides is 1. The molecule has 0 bridgehead atoms. The van der Waals surface area contributed by atoms with Gasteiger partial charge in [0.25, 0.3) is 5.91 Å². The molecule has 1 aromatic heterocycles. The topological polar surface area (TPSA) is 91.1 Å². The van der Waals surface area contributed by atoms with Crippen molar-refractivity contribution < 1.29 is 9.90 Å².